The van der Waals surface area contributed by atoms with Gasteiger partial charge in [0.2, 0.25) is 11.8 Å². The van der Waals surface area contributed by atoms with E-state index in [4.69, 9.17) is 0 Å². The quantitative estimate of drug-likeness (QED) is 0.788. The van der Waals surface area contributed by atoms with Crippen LogP contribution in [0.25, 0.3) is 6.08 Å². The second kappa shape index (κ2) is 9.02. The Morgan fingerprint density at radius 1 is 1.15 bits per heavy atom. The summed E-state index contributed by atoms with van der Waals surface area (Å²) >= 11 is 0. The molecule has 142 valence electrons. The van der Waals surface area contributed by atoms with Crippen LogP contribution in [0.1, 0.15) is 51.7 Å². The lowest BCUT2D eigenvalue weighted by Crippen LogP contribution is -2.61. The third-order valence-electron chi connectivity index (χ3n) is 4.67. The van der Waals surface area contributed by atoms with E-state index in [9.17, 15) is 9.59 Å². The van der Waals surface area contributed by atoms with Crippen molar-refractivity contribution in [1.29, 1.82) is 0 Å². The number of nitrogens with one attached hydrogen (secondary N) is 1. The SMILES string of the molecule is Cc1ccc(/C=C/C(=O)N2C[C@H](CC(C)C)NC(=O)[C@@H]2CC(C)C)cc1. The van der Waals surface area contributed by atoms with Crippen molar-refractivity contribution in [3.63, 3.8) is 0 Å². The summed E-state index contributed by atoms with van der Waals surface area (Å²) in [5, 5.41) is 3.11. The molecule has 0 bridgehead atoms. The monoisotopic (exact) mass is 356 g/mol. The van der Waals surface area contributed by atoms with Gasteiger partial charge in [-0.1, -0.05) is 57.5 Å². The first kappa shape index (κ1) is 20.2. The largest absolute Gasteiger partial charge is 0.350 e. The van der Waals surface area contributed by atoms with E-state index in [-0.39, 0.29) is 23.9 Å². The zero-order chi connectivity index (χ0) is 19.3. The summed E-state index contributed by atoms with van der Waals surface area (Å²) < 4.78 is 0. The average molecular weight is 357 g/mol. The highest BCUT2D eigenvalue weighted by Crippen LogP contribution is 2.20. The van der Waals surface area contributed by atoms with Gasteiger partial charge in [-0.15, -0.1) is 0 Å². The standard InChI is InChI=1S/C22H32N2O2/c1-15(2)12-19-14-24(20(13-16(3)4)22(26)23-19)21(25)11-10-18-8-6-17(5)7-9-18/h6-11,15-16,19-20H,12-14H2,1-5H3,(H,23,26)/b11-10+/t19-,20-/m0/s1. The lowest BCUT2D eigenvalue weighted by molar-refractivity contribution is -0.142. The summed E-state index contributed by atoms with van der Waals surface area (Å²) in [6.07, 6.45) is 5.00. The van der Waals surface area contributed by atoms with Gasteiger partial charge in [-0.3, -0.25) is 9.59 Å². The number of piperazine rings is 1. The minimum Gasteiger partial charge on any atom is -0.350 e. The van der Waals surface area contributed by atoms with Crippen LogP contribution in [-0.2, 0) is 9.59 Å². The van der Waals surface area contributed by atoms with Gasteiger partial charge in [0, 0.05) is 18.7 Å². The van der Waals surface area contributed by atoms with E-state index in [1.54, 1.807) is 11.0 Å². The zero-order valence-corrected chi connectivity index (χ0v) is 16.7. The normalized spacial score (nSPS) is 20.9. The Morgan fingerprint density at radius 3 is 2.35 bits per heavy atom. The molecule has 1 aliphatic rings. The predicted molar refractivity (Wildman–Crippen MR) is 107 cm³/mol. The molecular formula is C22H32N2O2. The van der Waals surface area contributed by atoms with E-state index >= 15 is 0 Å². The van der Waals surface area contributed by atoms with E-state index in [1.165, 1.54) is 5.56 Å². The first-order valence-electron chi connectivity index (χ1n) is 9.62. The lowest BCUT2D eigenvalue weighted by atomic mass is 9.95. The molecule has 2 amide bonds. The maximum absolute atomic E-state index is 12.9. The van der Waals surface area contributed by atoms with Crippen molar-refractivity contribution < 1.29 is 9.59 Å². The van der Waals surface area contributed by atoms with E-state index in [1.807, 2.05) is 37.3 Å². The molecule has 1 saturated heterocycles. The Hall–Kier alpha value is -2.10. The van der Waals surface area contributed by atoms with E-state index in [0.29, 0.717) is 24.8 Å². The van der Waals surface area contributed by atoms with Crippen molar-refractivity contribution in [1.82, 2.24) is 10.2 Å². The smallest absolute Gasteiger partial charge is 0.247 e. The number of hydrogen-bond donors (Lipinski definition) is 1. The molecule has 1 fully saturated rings. The second-order valence-corrected chi connectivity index (χ2v) is 8.22. The number of nitrogens with zero attached hydrogens (tertiary/aromatic N) is 1. The molecule has 1 N–H and O–H groups in total. The summed E-state index contributed by atoms with van der Waals surface area (Å²) in [5.74, 6) is 0.721. The molecule has 4 heteroatoms. The summed E-state index contributed by atoms with van der Waals surface area (Å²) in [5.41, 5.74) is 2.18. The van der Waals surface area contributed by atoms with Gasteiger partial charge in [0.15, 0.2) is 0 Å². The molecule has 26 heavy (non-hydrogen) atoms. The number of hydrogen-bond acceptors (Lipinski definition) is 2. The molecule has 1 aromatic rings. The number of carbonyl (C=O) groups is 2. The number of aryl methyl sites for hydroxylation is 1. The molecular weight excluding hydrogens is 324 g/mol. The summed E-state index contributed by atoms with van der Waals surface area (Å²) in [4.78, 5) is 27.2. The third-order valence-corrected chi connectivity index (χ3v) is 4.67. The molecule has 0 unspecified atom stereocenters. The van der Waals surface area contributed by atoms with Crippen molar-refractivity contribution in [3.8, 4) is 0 Å². The molecule has 2 rings (SSSR count). The van der Waals surface area contributed by atoms with Crippen molar-refractivity contribution in [3.05, 3.63) is 41.5 Å². The molecule has 2 atom stereocenters. The van der Waals surface area contributed by atoms with Crippen molar-refractivity contribution in [2.45, 2.75) is 59.5 Å². The fourth-order valence-electron chi connectivity index (χ4n) is 3.42. The molecule has 0 spiro atoms. The van der Waals surface area contributed by atoms with Crippen LogP contribution in [0.5, 0.6) is 0 Å². The summed E-state index contributed by atoms with van der Waals surface area (Å²) in [6.45, 7) is 11.1. The molecule has 4 nitrogen and oxygen atoms in total. The minimum absolute atomic E-state index is 0.0207. The van der Waals surface area contributed by atoms with Gasteiger partial charge in [0.05, 0.1) is 0 Å². The highest BCUT2D eigenvalue weighted by molar-refractivity contribution is 5.96. The second-order valence-electron chi connectivity index (χ2n) is 8.22. The van der Waals surface area contributed by atoms with Gasteiger partial charge in [0.1, 0.15) is 6.04 Å². The zero-order valence-electron chi connectivity index (χ0n) is 16.7. The number of amides is 2. The Balaban J connectivity index is 2.16. The van der Waals surface area contributed by atoms with Gasteiger partial charge in [0.25, 0.3) is 0 Å². The molecule has 0 radical (unpaired) electrons. The van der Waals surface area contributed by atoms with Crippen LogP contribution >= 0.6 is 0 Å². The molecule has 1 aromatic carbocycles. The molecule has 0 aromatic heterocycles. The van der Waals surface area contributed by atoms with Crippen LogP contribution in [0.15, 0.2) is 30.3 Å². The first-order chi connectivity index (χ1) is 12.3. The topological polar surface area (TPSA) is 49.4 Å². The Kier molecular flexibility index (Phi) is 7.01. The highest BCUT2D eigenvalue weighted by Gasteiger charge is 2.36. The fourth-order valence-corrected chi connectivity index (χ4v) is 3.42. The molecule has 0 aliphatic carbocycles. The van der Waals surface area contributed by atoms with Crippen LogP contribution in [0.3, 0.4) is 0 Å². The maximum Gasteiger partial charge on any atom is 0.247 e. The van der Waals surface area contributed by atoms with Gasteiger partial charge >= 0.3 is 0 Å². The van der Waals surface area contributed by atoms with Crippen molar-refractivity contribution in [2.24, 2.45) is 11.8 Å². The Morgan fingerprint density at radius 2 is 1.77 bits per heavy atom. The number of rotatable bonds is 6. The Bertz CT molecular complexity index is 647. The fraction of sp³-hybridized carbons (Fsp3) is 0.545. The van der Waals surface area contributed by atoms with Gasteiger partial charge in [-0.2, -0.15) is 0 Å². The van der Waals surface area contributed by atoms with Crippen molar-refractivity contribution in [2.75, 3.05) is 6.54 Å². The van der Waals surface area contributed by atoms with Crippen LogP contribution in [0, 0.1) is 18.8 Å². The predicted octanol–water partition coefficient (Wildman–Crippen LogP) is 3.80. The van der Waals surface area contributed by atoms with E-state index in [0.717, 1.165) is 12.0 Å². The van der Waals surface area contributed by atoms with E-state index < -0.39 is 0 Å². The van der Waals surface area contributed by atoms with E-state index in [2.05, 4.69) is 33.0 Å². The average Bonchev–Trinajstić information content (AvgIpc) is 2.55. The third kappa shape index (κ3) is 5.72. The molecule has 1 heterocycles. The lowest BCUT2D eigenvalue weighted by Gasteiger charge is -2.40. The van der Waals surface area contributed by atoms with Gasteiger partial charge in [-0.05, 0) is 43.2 Å². The van der Waals surface area contributed by atoms with Crippen LogP contribution in [-0.4, -0.2) is 35.3 Å². The molecule has 0 saturated carbocycles. The number of benzene rings is 1. The summed E-state index contributed by atoms with van der Waals surface area (Å²) in [6, 6.07) is 7.69. The first-order valence-corrected chi connectivity index (χ1v) is 9.62. The number of carbonyl (C=O) groups excluding carboxylic acids is 2. The van der Waals surface area contributed by atoms with Crippen LogP contribution < -0.4 is 5.32 Å². The minimum atomic E-state index is -0.381. The molecule has 1 aliphatic heterocycles. The van der Waals surface area contributed by atoms with Crippen molar-refractivity contribution >= 4 is 17.9 Å². The van der Waals surface area contributed by atoms with Gasteiger partial charge in [-0.25, -0.2) is 0 Å². The highest BCUT2D eigenvalue weighted by atomic mass is 16.2. The van der Waals surface area contributed by atoms with Crippen LogP contribution in [0.2, 0.25) is 0 Å². The van der Waals surface area contributed by atoms with Gasteiger partial charge < -0.3 is 10.2 Å². The summed E-state index contributed by atoms with van der Waals surface area (Å²) in [7, 11) is 0. The van der Waals surface area contributed by atoms with Crippen LogP contribution in [0.4, 0.5) is 0 Å². The Labute approximate surface area is 157 Å². The maximum atomic E-state index is 12.9.